The van der Waals surface area contributed by atoms with E-state index in [-0.39, 0.29) is 17.9 Å². The second-order valence-electron chi connectivity index (χ2n) is 9.61. The molecule has 0 saturated carbocycles. The molecular formula is C27H34O12. The number of aliphatic hydroxyl groups is 5. The maximum atomic E-state index is 13.0. The number of esters is 1. The molecule has 12 nitrogen and oxygen atoms in total. The molecule has 5 N–H and O–H groups in total. The second kappa shape index (κ2) is 11.5. The van der Waals surface area contributed by atoms with E-state index < -0.39 is 60.9 Å². The van der Waals surface area contributed by atoms with Gasteiger partial charge in [0, 0.05) is 6.42 Å². The average Bonchev–Trinajstić information content (AvgIpc) is 3.19. The second-order valence-corrected chi connectivity index (χ2v) is 9.61. The fourth-order valence-corrected chi connectivity index (χ4v) is 4.95. The minimum atomic E-state index is -2.06. The molecule has 0 aliphatic carbocycles. The zero-order valence-corrected chi connectivity index (χ0v) is 22.0. The van der Waals surface area contributed by atoms with Crippen molar-refractivity contribution >= 4 is 5.97 Å². The van der Waals surface area contributed by atoms with Crippen molar-refractivity contribution in [3.05, 3.63) is 47.5 Å². The van der Waals surface area contributed by atoms with Gasteiger partial charge in [-0.05, 0) is 42.3 Å². The molecule has 3 unspecified atom stereocenters. The Morgan fingerprint density at radius 2 is 1.51 bits per heavy atom. The summed E-state index contributed by atoms with van der Waals surface area (Å²) in [7, 11) is 4.34. The molecule has 2 saturated heterocycles. The first-order valence-corrected chi connectivity index (χ1v) is 12.4. The number of carbonyl (C=O) groups is 1. The lowest BCUT2D eigenvalue weighted by molar-refractivity contribution is -0.268. The highest BCUT2D eigenvalue weighted by Gasteiger charge is 2.56. The molecule has 2 aliphatic rings. The van der Waals surface area contributed by atoms with E-state index in [9.17, 15) is 30.3 Å². The van der Waals surface area contributed by atoms with Crippen LogP contribution in [0.4, 0.5) is 0 Å². The minimum absolute atomic E-state index is 0.156. The molecule has 39 heavy (non-hydrogen) atoms. The van der Waals surface area contributed by atoms with Crippen molar-refractivity contribution in [1.29, 1.82) is 0 Å². The predicted molar refractivity (Wildman–Crippen MR) is 134 cm³/mol. The Balaban J connectivity index is 1.56. The van der Waals surface area contributed by atoms with Crippen LogP contribution in [-0.4, -0.2) is 95.7 Å². The van der Waals surface area contributed by atoms with E-state index in [4.69, 9.17) is 28.4 Å². The first-order valence-electron chi connectivity index (χ1n) is 12.4. The van der Waals surface area contributed by atoms with Crippen molar-refractivity contribution < 1.29 is 58.7 Å². The maximum Gasteiger partial charge on any atom is 0.339 e. The summed E-state index contributed by atoms with van der Waals surface area (Å²) in [6, 6.07) is 9.54. The molecule has 12 heteroatoms. The number of carbonyl (C=O) groups excluding carboxylic acids is 1. The van der Waals surface area contributed by atoms with Gasteiger partial charge in [0.15, 0.2) is 28.6 Å². The van der Waals surface area contributed by atoms with Crippen molar-refractivity contribution in [1.82, 2.24) is 0 Å². The molecule has 2 fully saturated rings. The van der Waals surface area contributed by atoms with Crippen LogP contribution in [0.5, 0.6) is 23.0 Å². The van der Waals surface area contributed by atoms with E-state index in [1.807, 2.05) is 0 Å². The Bertz CT molecular complexity index is 1170. The largest absolute Gasteiger partial charge is 0.493 e. The number of hydrogen-bond donors (Lipinski definition) is 5. The highest BCUT2D eigenvalue weighted by Crippen LogP contribution is 2.45. The van der Waals surface area contributed by atoms with Gasteiger partial charge in [-0.25, -0.2) is 4.79 Å². The van der Waals surface area contributed by atoms with Gasteiger partial charge in [0.25, 0.3) is 0 Å². The molecule has 4 rings (SSSR count). The third-order valence-corrected chi connectivity index (χ3v) is 7.25. The lowest BCUT2D eigenvalue weighted by Crippen LogP contribution is -2.58. The van der Waals surface area contributed by atoms with Gasteiger partial charge in [-0.3, -0.25) is 0 Å². The fraction of sp³-hybridized carbons (Fsp3) is 0.519. The summed E-state index contributed by atoms with van der Waals surface area (Å²) in [4.78, 5) is 13.0. The van der Waals surface area contributed by atoms with E-state index in [1.54, 1.807) is 24.3 Å². The first kappa shape index (κ1) is 28.9. The number of aliphatic hydroxyl groups excluding tert-OH is 4. The quantitative estimate of drug-likeness (QED) is 0.267. The SMILES string of the molecule is COc1ccc(C2OC(=O)C(O)(Cc3ccc(O[C@@H]4O[C@@H](C)[C@H](O)[C@@H](O)[C@H]4O)c(OC)c3)C2CO)cc1OC. The maximum absolute atomic E-state index is 13.0. The number of rotatable bonds is 9. The normalized spacial score (nSPS) is 32.4. The van der Waals surface area contributed by atoms with Crippen LogP contribution in [0.1, 0.15) is 24.2 Å². The van der Waals surface area contributed by atoms with Gasteiger partial charge in [-0.15, -0.1) is 0 Å². The summed E-state index contributed by atoms with van der Waals surface area (Å²) in [6.07, 6.45) is -7.50. The van der Waals surface area contributed by atoms with E-state index in [1.165, 1.54) is 40.4 Å². The minimum Gasteiger partial charge on any atom is -0.493 e. The summed E-state index contributed by atoms with van der Waals surface area (Å²) >= 11 is 0. The Morgan fingerprint density at radius 1 is 0.872 bits per heavy atom. The van der Waals surface area contributed by atoms with Gasteiger partial charge in [0.2, 0.25) is 6.29 Å². The monoisotopic (exact) mass is 550 g/mol. The van der Waals surface area contributed by atoms with Gasteiger partial charge in [0.1, 0.15) is 24.4 Å². The number of methoxy groups -OCH3 is 3. The zero-order valence-electron chi connectivity index (χ0n) is 22.0. The molecule has 214 valence electrons. The molecular weight excluding hydrogens is 516 g/mol. The van der Waals surface area contributed by atoms with E-state index in [0.29, 0.717) is 22.6 Å². The molecule has 0 bridgehead atoms. The van der Waals surface area contributed by atoms with Crippen molar-refractivity contribution in [2.45, 2.75) is 55.8 Å². The molecule has 2 aromatic rings. The summed E-state index contributed by atoms with van der Waals surface area (Å²) in [6.45, 7) is 0.994. The van der Waals surface area contributed by atoms with E-state index >= 15 is 0 Å². The van der Waals surface area contributed by atoms with Crippen LogP contribution in [-0.2, 0) is 20.7 Å². The zero-order chi connectivity index (χ0) is 28.5. The highest BCUT2D eigenvalue weighted by molar-refractivity contribution is 5.83. The lowest BCUT2D eigenvalue weighted by atomic mass is 9.80. The van der Waals surface area contributed by atoms with Gasteiger partial charge in [0.05, 0.1) is 40.0 Å². The number of ether oxygens (including phenoxy) is 6. The Morgan fingerprint density at radius 3 is 2.15 bits per heavy atom. The van der Waals surface area contributed by atoms with Crippen molar-refractivity contribution in [3.8, 4) is 23.0 Å². The van der Waals surface area contributed by atoms with Crippen LogP contribution in [0.2, 0.25) is 0 Å². The summed E-state index contributed by atoms with van der Waals surface area (Å²) in [5.74, 6) is -0.650. The van der Waals surface area contributed by atoms with E-state index in [2.05, 4.69) is 0 Å². The van der Waals surface area contributed by atoms with Crippen LogP contribution < -0.4 is 18.9 Å². The third-order valence-electron chi connectivity index (χ3n) is 7.25. The molecule has 0 radical (unpaired) electrons. The smallest absolute Gasteiger partial charge is 0.339 e. The summed E-state index contributed by atoms with van der Waals surface area (Å²) in [5, 5.41) is 51.9. The number of hydrogen-bond acceptors (Lipinski definition) is 12. The topological polar surface area (TPSA) is 174 Å². The Hall–Kier alpha value is -3.13. The molecule has 2 aromatic carbocycles. The predicted octanol–water partition coefficient (Wildman–Crippen LogP) is 0.0989. The molecule has 2 aliphatic heterocycles. The van der Waals surface area contributed by atoms with Gasteiger partial charge in [-0.1, -0.05) is 12.1 Å². The fourth-order valence-electron chi connectivity index (χ4n) is 4.95. The van der Waals surface area contributed by atoms with Gasteiger partial charge in [-0.2, -0.15) is 0 Å². The standard InChI is InChI=1S/C27H34O12/c1-13-21(29)22(30)23(31)25(37-13)38-18-7-5-14(9-19(18)35-3)11-27(33)16(12-28)24(39-26(27)32)15-6-8-17(34-2)20(10-15)36-4/h5-10,13,16,21-25,28-31,33H,11-12H2,1-4H3/t13-,16?,21-,22+,23+,24?,25-,27?/m0/s1. The van der Waals surface area contributed by atoms with Crippen LogP contribution in [0.25, 0.3) is 0 Å². The first-order chi connectivity index (χ1) is 18.6. The van der Waals surface area contributed by atoms with Crippen molar-refractivity contribution in [3.63, 3.8) is 0 Å². The van der Waals surface area contributed by atoms with Gasteiger partial charge < -0.3 is 54.0 Å². The van der Waals surface area contributed by atoms with Crippen molar-refractivity contribution in [2.24, 2.45) is 5.92 Å². The molecule has 2 heterocycles. The number of benzene rings is 2. The van der Waals surface area contributed by atoms with Crippen LogP contribution in [0.3, 0.4) is 0 Å². The molecule has 0 aromatic heterocycles. The average molecular weight is 551 g/mol. The van der Waals surface area contributed by atoms with Gasteiger partial charge >= 0.3 is 5.97 Å². The third kappa shape index (κ3) is 5.36. The van der Waals surface area contributed by atoms with E-state index in [0.717, 1.165) is 0 Å². The highest BCUT2D eigenvalue weighted by atomic mass is 16.7. The molecule has 8 atom stereocenters. The molecule has 0 spiro atoms. The molecule has 0 amide bonds. The lowest BCUT2D eigenvalue weighted by Gasteiger charge is -2.39. The van der Waals surface area contributed by atoms with Crippen LogP contribution in [0.15, 0.2) is 36.4 Å². The Kier molecular flexibility index (Phi) is 8.54. The summed E-state index contributed by atoms with van der Waals surface area (Å²) in [5.41, 5.74) is -1.07. The van der Waals surface area contributed by atoms with Crippen LogP contribution >= 0.6 is 0 Å². The van der Waals surface area contributed by atoms with Crippen LogP contribution in [0, 0.1) is 5.92 Å². The number of cyclic esters (lactones) is 1. The Labute approximate surface area is 225 Å². The van der Waals surface area contributed by atoms with Crippen molar-refractivity contribution in [2.75, 3.05) is 27.9 Å². The summed E-state index contributed by atoms with van der Waals surface area (Å²) < 4.78 is 32.7.